The Morgan fingerprint density at radius 2 is 1.91 bits per heavy atom. The molecule has 3 heteroatoms. The largest absolute Gasteiger partial charge is 0.315 e. The fourth-order valence-corrected chi connectivity index (χ4v) is 3.30. The number of piperidine rings is 1. The Kier molecular flexibility index (Phi) is 2.39. The van der Waals surface area contributed by atoms with Crippen molar-refractivity contribution in [3.63, 3.8) is 0 Å². The molecule has 0 bridgehead atoms. The maximum atomic E-state index is 3.48. The molecule has 2 rings (SSSR count). The summed E-state index contributed by atoms with van der Waals surface area (Å²) in [7, 11) is 0. The van der Waals surface area contributed by atoms with Crippen LogP contribution in [-0.4, -0.2) is 36.7 Å². The molecule has 2 aliphatic heterocycles. The van der Waals surface area contributed by atoms with E-state index in [0.29, 0.717) is 4.75 Å². The fraction of sp³-hybridized carbons (Fsp3) is 1.00. The first-order valence-electron chi connectivity index (χ1n) is 4.47. The number of nitrogens with one attached hydrogen (secondary N) is 2. The molecule has 11 heavy (non-hydrogen) atoms. The summed E-state index contributed by atoms with van der Waals surface area (Å²) in [4.78, 5) is 0. The summed E-state index contributed by atoms with van der Waals surface area (Å²) in [6.45, 7) is 4.85. The average Bonchev–Trinajstić information content (AvgIpc) is 2.07. The van der Waals surface area contributed by atoms with E-state index in [4.69, 9.17) is 0 Å². The molecule has 0 aromatic rings. The van der Waals surface area contributed by atoms with Crippen LogP contribution in [0.1, 0.15) is 12.8 Å². The lowest BCUT2D eigenvalue weighted by molar-refractivity contribution is 0.392. The molecule has 2 heterocycles. The second kappa shape index (κ2) is 3.33. The number of rotatable bonds is 0. The van der Waals surface area contributed by atoms with Gasteiger partial charge in [-0.15, -0.1) is 0 Å². The molecule has 1 spiro atoms. The van der Waals surface area contributed by atoms with E-state index in [9.17, 15) is 0 Å². The van der Waals surface area contributed by atoms with Crippen LogP contribution in [0.5, 0.6) is 0 Å². The van der Waals surface area contributed by atoms with Crippen LogP contribution in [0.25, 0.3) is 0 Å². The first kappa shape index (κ1) is 7.90. The second-order valence-electron chi connectivity index (χ2n) is 3.49. The van der Waals surface area contributed by atoms with Crippen molar-refractivity contribution in [3.8, 4) is 0 Å². The lowest BCUT2D eigenvalue weighted by atomic mass is 9.98. The van der Waals surface area contributed by atoms with E-state index >= 15 is 0 Å². The molecule has 2 fully saturated rings. The molecule has 1 unspecified atom stereocenters. The minimum Gasteiger partial charge on any atom is -0.315 e. The molecule has 0 saturated carbocycles. The van der Waals surface area contributed by atoms with Crippen LogP contribution >= 0.6 is 11.8 Å². The van der Waals surface area contributed by atoms with E-state index in [1.807, 2.05) is 0 Å². The van der Waals surface area contributed by atoms with Crippen LogP contribution in [0.3, 0.4) is 0 Å². The third kappa shape index (κ3) is 1.71. The number of hydrogen-bond acceptors (Lipinski definition) is 3. The lowest BCUT2D eigenvalue weighted by Gasteiger charge is -2.40. The van der Waals surface area contributed by atoms with Gasteiger partial charge in [-0.25, -0.2) is 0 Å². The van der Waals surface area contributed by atoms with E-state index < -0.39 is 0 Å². The summed E-state index contributed by atoms with van der Waals surface area (Å²) in [6.07, 6.45) is 2.76. The molecule has 0 aromatic carbocycles. The monoisotopic (exact) mass is 172 g/mol. The zero-order valence-corrected chi connectivity index (χ0v) is 7.67. The summed E-state index contributed by atoms with van der Waals surface area (Å²) in [5, 5.41) is 6.97. The van der Waals surface area contributed by atoms with Crippen LogP contribution in [0.15, 0.2) is 0 Å². The van der Waals surface area contributed by atoms with Gasteiger partial charge in [0.2, 0.25) is 0 Å². The lowest BCUT2D eigenvalue weighted by Crippen LogP contribution is -2.52. The van der Waals surface area contributed by atoms with E-state index in [-0.39, 0.29) is 0 Å². The van der Waals surface area contributed by atoms with Gasteiger partial charge in [0.05, 0.1) is 0 Å². The summed E-state index contributed by atoms with van der Waals surface area (Å²) in [5.74, 6) is 1.29. The Morgan fingerprint density at radius 1 is 1.09 bits per heavy atom. The van der Waals surface area contributed by atoms with Gasteiger partial charge in [-0.3, -0.25) is 0 Å². The molecule has 0 amide bonds. The minimum atomic E-state index is 0.552. The molecule has 2 nitrogen and oxygen atoms in total. The minimum absolute atomic E-state index is 0.552. The van der Waals surface area contributed by atoms with Crippen LogP contribution in [-0.2, 0) is 0 Å². The van der Waals surface area contributed by atoms with Crippen LogP contribution < -0.4 is 10.6 Å². The van der Waals surface area contributed by atoms with Crippen molar-refractivity contribution in [1.29, 1.82) is 0 Å². The predicted octanol–water partition coefficient (Wildman–Crippen LogP) is 0.445. The van der Waals surface area contributed by atoms with E-state index in [1.54, 1.807) is 0 Å². The topological polar surface area (TPSA) is 24.1 Å². The Hall–Kier alpha value is 0.270. The summed E-state index contributed by atoms with van der Waals surface area (Å²) < 4.78 is 0.552. The van der Waals surface area contributed by atoms with E-state index in [1.165, 1.54) is 44.8 Å². The smallest absolute Gasteiger partial charge is 0.0409 e. The van der Waals surface area contributed by atoms with Gasteiger partial charge < -0.3 is 10.6 Å². The standard InChI is InChI=1S/C8H16N2S/c1-2-8(6-9-3-1)7-10-4-5-11-8/h9-10H,1-7H2. The molecule has 1 atom stereocenters. The van der Waals surface area contributed by atoms with Gasteiger partial charge in [-0.05, 0) is 19.4 Å². The summed E-state index contributed by atoms with van der Waals surface area (Å²) in [5.41, 5.74) is 0. The Labute approximate surface area is 72.5 Å². The normalized spacial score (nSPS) is 39.3. The molecule has 2 aliphatic rings. The van der Waals surface area contributed by atoms with Gasteiger partial charge in [0.15, 0.2) is 0 Å². The molecular formula is C8H16N2S. The summed E-state index contributed by atoms with van der Waals surface area (Å²) in [6, 6.07) is 0. The van der Waals surface area contributed by atoms with Crippen LogP contribution in [0, 0.1) is 0 Å². The Balaban J connectivity index is 1.94. The maximum Gasteiger partial charge on any atom is 0.0409 e. The Bertz CT molecular complexity index is 107. The fourth-order valence-electron chi connectivity index (χ4n) is 1.92. The van der Waals surface area contributed by atoms with Crippen molar-refractivity contribution in [3.05, 3.63) is 0 Å². The SMILES string of the molecule is C1CNCC2(C1)CNCCS2. The summed E-state index contributed by atoms with van der Waals surface area (Å²) >= 11 is 2.16. The molecule has 0 radical (unpaired) electrons. The highest BCUT2D eigenvalue weighted by Crippen LogP contribution is 2.32. The van der Waals surface area contributed by atoms with Crippen molar-refractivity contribution in [2.75, 3.05) is 31.9 Å². The van der Waals surface area contributed by atoms with Gasteiger partial charge in [-0.1, -0.05) is 0 Å². The van der Waals surface area contributed by atoms with Gasteiger partial charge in [0.25, 0.3) is 0 Å². The molecule has 2 N–H and O–H groups in total. The number of thioether (sulfide) groups is 1. The predicted molar refractivity (Wildman–Crippen MR) is 50.2 cm³/mol. The first-order chi connectivity index (χ1) is 5.41. The highest BCUT2D eigenvalue weighted by molar-refractivity contribution is 8.00. The van der Waals surface area contributed by atoms with E-state index in [2.05, 4.69) is 22.4 Å². The first-order valence-corrected chi connectivity index (χ1v) is 5.45. The quantitative estimate of drug-likeness (QED) is 0.554. The highest BCUT2D eigenvalue weighted by Gasteiger charge is 2.33. The maximum absolute atomic E-state index is 3.48. The third-order valence-corrected chi connectivity index (χ3v) is 4.08. The Morgan fingerprint density at radius 3 is 2.45 bits per heavy atom. The van der Waals surface area contributed by atoms with Crippen molar-refractivity contribution in [2.45, 2.75) is 17.6 Å². The van der Waals surface area contributed by atoms with Gasteiger partial charge in [-0.2, -0.15) is 11.8 Å². The molecule has 0 aromatic heterocycles. The second-order valence-corrected chi connectivity index (χ2v) is 5.05. The van der Waals surface area contributed by atoms with Crippen molar-refractivity contribution in [1.82, 2.24) is 10.6 Å². The average molecular weight is 172 g/mol. The number of hydrogen-bond donors (Lipinski definition) is 2. The zero-order chi connectivity index (χ0) is 7.57. The van der Waals surface area contributed by atoms with Crippen LogP contribution in [0.2, 0.25) is 0 Å². The van der Waals surface area contributed by atoms with E-state index in [0.717, 1.165) is 0 Å². The highest BCUT2D eigenvalue weighted by atomic mass is 32.2. The molecule has 2 saturated heterocycles. The molecule has 64 valence electrons. The van der Waals surface area contributed by atoms with Crippen molar-refractivity contribution in [2.24, 2.45) is 0 Å². The van der Waals surface area contributed by atoms with Crippen molar-refractivity contribution >= 4 is 11.8 Å². The van der Waals surface area contributed by atoms with Gasteiger partial charge in [0, 0.05) is 30.1 Å². The third-order valence-electron chi connectivity index (χ3n) is 2.57. The van der Waals surface area contributed by atoms with Crippen molar-refractivity contribution < 1.29 is 0 Å². The molecule has 0 aliphatic carbocycles. The molecular weight excluding hydrogens is 156 g/mol. The zero-order valence-electron chi connectivity index (χ0n) is 6.86. The van der Waals surface area contributed by atoms with Gasteiger partial charge in [0.1, 0.15) is 0 Å². The van der Waals surface area contributed by atoms with Crippen LogP contribution in [0.4, 0.5) is 0 Å². The van der Waals surface area contributed by atoms with Gasteiger partial charge >= 0.3 is 0 Å².